The summed E-state index contributed by atoms with van der Waals surface area (Å²) in [5.74, 6) is 1.80. The van der Waals surface area contributed by atoms with E-state index < -0.39 is 5.60 Å². The Hall–Kier alpha value is -2.32. The molecule has 0 amide bonds. The monoisotopic (exact) mass is 354 g/mol. The van der Waals surface area contributed by atoms with Gasteiger partial charge in [-0.25, -0.2) is 19.9 Å². The molecule has 2 atom stereocenters. The van der Waals surface area contributed by atoms with Crippen LogP contribution in [0.1, 0.15) is 37.9 Å². The largest absolute Gasteiger partial charge is 0.371 e. The van der Waals surface area contributed by atoms with Crippen molar-refractivity contribution in [3.63, 3.8) is 0 Å². The summed E-state index contributed by atoms with van der Waals surface area (Å²) < 4.78 is 12.0. The number of ether oxygens (including phenoxy) is 2. The van der Waals surface area contributed by atoms with E-state index >= 15 is 0 Å². The normalized spacial score (nSPS) is 26.2. The van der Waals surface area contributed by atoms with E-state index in [4.69, 9.17) is 25.2 Å². The number of anilines is 2. The molecular formula is C18H22N6O2. The third kappa shape index (κ3) is 2.52. The number of hydrogen-bond donors (Lipinski definition) is 1. The number of nitrogens with zero attached hydrogens (tertiary/aromatic N) is 5. The Kier molecular flexibility index (Phi) is 3.42. The number of fused-ring (bicyclic) bond motifs is 3. The van der Waals surface area contributed by atoms with E-state index in [0.717, 1.165) is 48.6 Å². The van der Waals surface area contributed by atoms with Crippen LogP contribution >= 0.6 is 0 Å². The first-order chi connectivity index (χ1) is 12.5. The maximum atomic E-state index is 6.01. The van der Waals surface area contributed by atoms with Gasteiger partial charge in [0.2, 0.25) is 5.95 Å². The van der Waals surface area contributed by atoms with E-state index in [-0.39, 0.29) is 18.2 Å². The van der Waals surface area contributed by atoms with Gasteiger partial charge in [-0.05, 0) is 26.7 Å². The molecule has 26 heavy (non-hydrogen) atoms. The van der Waals surface area contributed by atoms with Crippen molar-refractivity contribution in [2.75, 3.05) is 23.7 Å². The molecule has 5 heterocycles. The number of morpholine rings is 1. The summed E-state index contributed by atoms with van der Waals surface area (Å²) in [5, 5.41) is 0. The van der Waals surface area contributed by atoms with Gasteiger partial charge in [-0.1, -0.05) is 0 Å². The molecule has 8 nitrogen and oxygen atoms in total. The molecule has 0 spiro atoms. The maximum absolute atomic E-state index is 6.01. The lowest BCUT2D eigenvalue weighted by molar-refractivity contribution is -0.0101. The second-order valence-electron chi connectivity index (χ2n) is 7.69. The molecule has 0 saturated carbocycles. The van der Waals surface area contributed by atoms with Crippen molar-refractivity contribution in [3.8, 4) is 11.4 Å². The van der Waals surface area contributed by atoms with Crippen LogP contribution in [0.2, 0.25) is 0 Å². The second kappa shape index (κ2) is 5.59. The van der Waals surface area contributed by atoms with Crippen LogP contribution < -0.4 is 10.6 Å². The molecule has 2 fully saturated rings. The summed E-state index contributed by atoms with van der Waals surface area (Å²) in [7, 11) is 0. The van der Waals surface area contributed by atoms with Gasteiger partial charge in [0.05, 0.1) is 30.1 Å². The Bertz CT molecular complexity index is 842. The summed E-state index contributed by atoms with van der Waals surface area (Å²) in [6.07, 6.45) is 6.15. The number of hydrogen-bond acceptors (Lipinski definition) is 8. The lowest BCUT2D eigenvalue weighted by Gasteiger charge is -2.34. The van der Waals surface area contributed by atoms with Crippen LogP contribution in [0, 0.1) is 0 Å². The van der Waals surface area contributed by atoms with Crippen LogP contribution in [0.5, 0.6) is 0 Å². The van der Waals surface area contributed by atoms with Crippen molar-refractivity contribution < 1.29 is 9.47 Å². The summed E-state index contributed by atoms with van der Waals surface area (Å²) in [4.78, 5) is 20.2. The van der Waals surface area contributed by atoms with Crippen molar-refractivity contribution in [3.05, 3.63) is 23.7 Å². The molecule has 3 aliphatic rings. The molecule has 0 aromatic carbocycles. The van der Waals surface area contributed by atoms with E-state index in [0.29, 0.717) is 12.4 Å². The highest BCUT2D eigenvalue weighted by atomic mass is 16.5. The molecular weight excluding hydrogens is 332 g/mol. The molecule has 2 aromatic rings. The van der Waals surface area contributed by atoms with E-state index in [1.54, 1.807) is 12.4 Å². The zero-order chi connectivity index (χ0) is 17.9. The van der Waals surface area contributed by atoms with Gasteiger partial charge in [0.25, 0.3) is 0 Å². The van der Waals surface area contributed by atoms with Gasteiger partial charge in [-0.2, -0.15) is 0 Å². The van der Waals surface area contributed by atoms with Gasteiger partial charge < -0.3 is 20.1 Å². The van der Waals surface area contributed by atoms with Crippen LogP contribution in [0.3, 0.4) is 0 Å². The summed E-state index contributed by atoms with van der Waals surface area (Å²) in [6.45, 7) is 6.34. The zero-order valence-corrected chi connectivity index (χ0v) is 15.0. The van der Waals surface area contributed by atoms with E-state index in [2.05, 4.69) is 14.9 Å². The standard InChI is InChI=1S/C18H22N6O2/c1-18(2)14-13(9-25-18)16(24-7-11-3-4-12(8-24)26-11)23-15(22-14)10-5-20-17(19)21-6-10/h5-6,11-12H,3-4,7-9H2,1-2H3,(H2,19,20,21)/t11-,12+. The van der Waals surface area contributed by atoms with Gasteiger partial charge in [0.15, 0.2) is 5.82 Å². The van der Waals surface area contributed by atoms with Crippen molar-refractivity contribution in [2.45, 2.75) is 51.1 Å². The average Bonchev–Trinajstić information content (AvgIpc) is 3.13. The van der Waals surface area contributed by atoms with Gasteiger partial charge in [0.1, 0.15) is 11.4 Å². The third-order valence-corrected chi connectivity index (χ3v) is 5.41. The Balaban J connectivity index is 1.63. The van der Waals surface area contributed by atoms with Crippen LogP contribution in [0.15, 0.2) is 12.4 Å². The lowest BCUT2D eigenvalue weighted by Crippen LogP contribution is -2.43. The van der Waals surface area contributed by atoms with Crippen LogP contribution in [-0.2, 0) is 21.7 Å². The highest BCUT2D eigenvalue weighted by Gasteiger charge is 2.40. The summed E-state index contributed by atoms with van der Waals surface area (Å²) in [6, 6.07) is 0. The topological polar surface area (TPSA) is 99.3 Å². The van der Waals surface area contributed by atoms with Crippen molar-refractivity contribution >= 4 is 11.8 Å². The fourth-order valence-electron chi connectivity index (χ4n) is 4.06. The molecule has 5 rings (SSSR count). The van der Waals surface area contributed by atoms with E-state index in [1.165, 1.54) is 0 Å². The Morgan fingerprint density at radius 1 is 1.12 bits per heavy atom. The van der Waals surface area contributed by atoms with Crippen molar-refractivity contribution in [2.24, 2.45) is 0 Å². The number of nitrogens with two attached hydrogens (primary N) is 1. The molecule has 136 valence electrons. The molecule has 8 heteroatoms. The molecule has 2 saturated heterocycles. The average molecular weight is 354 g/mol. The van der Waals surface area contributed by atoms with Gasteiger partial charge in [-0.3, -0.25) is 0 Å². The fourth-order valence-corrected chi connectivity index (χ4v) is 4.06. The van der Waals surface area contributed by atoms with Crippen LogP contribution in [0.4, 0.5) is 11.8 Å². The first-order valence-corrected chi connectivity index (χ1v) is 9.03. The predicted molar refractivity (Wildman–Crippen MR) is 95.4 cm³/mol. The van der Waals surface area contributed by atoms with Crippen molar-refractivity contribution in [1.82, 2.24) is 19.9 Å². The summed E-state index contributed by atoms with van der Waals surface area (Å²) in [5.41, 5.74) is 7.94. The van der Waals surface area contributed by atoms with Crippen LogP contribution in [-0.4, -0.2) is 45.2 Å². The third-order valence-electron chi connectivity index (χ3n) is 5.41. The molecule has 2 N–H and O–H groups in total. The zero-order valence-electron chi connectivity index (χ0n) is 15.0. The first-order valence-electron chi connectivity index (χ1n) is 9.03. The Morgan fingerprint density at radius 2 is 1.81 bits per heavy atom. The number of nitrogen functional groups attached to an aromatic ring is 1. The number of rotatable bonds is 2. The highest BCUT2D eigenvalue weighted by Crippen LogP contribution is 2.41. The SMILES string of the molecule is CC1(C)OCc2c(N3C[C@H]4CC[C@@H](C3)O4)nc(-c3cnc(N)nc3)nc21. The first kappa shape index (κ1) is 15.9. The molecule has 2 aromatic heterocycles. The van der Waals surface area contributed by atoms with Crippen molar-refractivity contribution in [1.29, 1.82) is 0 Å². The number of aromatic nitrogens is 4. The minimum absolute atomic E-state index is 0.239. The quantitative estimate of drug-likeness (QED) is 0.869. The lowest BCUT2D eigenvalue weighted by atomic mass is 10.0. The minimum atomic E-state index is -0.443. The smallest absolute Gasteiger partial charge is 0.219 e. The van der Waals surface area contributed by atoms with E-state index in [9.17, 15) is 0 Å². The minimum Gasteiger partial charge on any atom is -0.371 e. The predicted octanol–water partition coefficient (Wildman–Crippen LogP) is 1.65. The Labute approximate surface area is 151 Å². The second-order valence-corrected chi connectivity index (χ2v) is 7.69. The molecule has 3 aliphatic heterocycles. The van der Waals surface area contributed by atoms with Gasteiger partial charge in [-0.15, -0.1) is 0 Å². The maximum Gasteiger partial charge on any atom is 0.219 e. The summed E-state index contributed by atoms with van der Waals surface area (Å²) >= 11 is 0. The molecule has 0 radical (unpaired) electrons. The molecule has 2 bridgehead atoms. The fraction of sp³-hybridized carbons (Fsp3) is 0.556. The van der Waals surface area contributed by atoms with Gasteiger partial charge >= 0.3 is 0 Å². The molecule has 0 aliphatic carbocycles. The Morgan fingerprint density at radius 3 is 2.50 bits per heavy atom. The van der Waals surface area contributed by atoms with Gasteiger partial charge in [0, 0.05) is 31.0 Å². The highest BCUT2D eigenvalue weighted by molar-refractivity contribution is 5.61. The van der Waals surface area contributed by atoms with E-state index in [1.807, 2.05) is 13.8 Å². The van der Waals surface area contributed by atoms with Crippen LogP contribution in [0.25, 0.3) is 11.4 Å². The molecule has 0 unspecified atom stereocenters.